The Morgan fingerprint density at radius 2 is 2.23 bits per heavy atom. The van der Waals surface area contributed by atoms with Gasteiger partial charge in [-0.25, -0.2) is 17.5 Å². The Labute approximate surface area is 133 Å². The van der Waals surface area contributed by atoms with Gasteiger partial charge in [-0.2, -0.15) is 0 Å². The van der Waals surface area contributed by atoms with Crippen molar-refractivity contribution in [1.82, 2.24) is 10.0 Å². The van der Waals surface area contributed by atoms with Gasteiger partial charge < -0.3 is 10.6 Å². The summed E-state index contributed by atoms with van der Waals surface area (Å²) in [5.74, 6) is -1.40. The van der Waals surface area contributed by atoms with E-state index in [4.69, 9.17) is 11.6 Å². The van der Waals surface area contributed by atoms with Crippen LogP contribution in [0.1, 0.15) is 19.8 Å². The molecule has 1 amide bonds. The van der Waals surface area contributed by atoms with Gasteiger partial charge in [-0.1, -0.05) is 11.6 Å². The number of anilines is 1. The first-order chi connectivity index (χ1) is 10.3. The third kappa shape index (κ3) is 4.16. The Bertz CT molecular complexity index is 675. The Balaban J connectivity index is 2.19. The topological polar surface area (TPSA) is 87.3 Å². The zero-order chi connectivity index (χ0) is 16.3. The summed E-state index contributed by atoms with van der Waals surface area (Å²) < 4.78 is 40.7. The molecule has 1 aliphatic heterocycles. The van der Waals surface area contributed by atoms with Gasteiger partial charge in [0.2, 0.25) is 15.9 Å². The summed E-state index contributed by atoms with van der Waals surface area (Å²) in [6, 6.07) is 1.94. The molecule has 0 aromatic heterocycles. The van der Waals surface area contributed by atoms with Crippen molar-refractivity contribution in [3.8, 4) is 0 Å². The quantitative estimate of drug-likeness (QED) is 0.751. The second-order valence-corrected chi connectivity index (χ2v) is 7.23. The molecule has 1 unspecified atom stereocenters. The molecule has 1 atom stereocenters. The fraction of sp³-hybridized carbons (Fsp3) is 0.462. The number of rotatable bonds is 5. The average Bonchev–Trinajstić information content (AvgIpc) is 2.93. The van der Waals surface area contributed by atoms with Crippen molar-refractivity contribution >= 4 is 33.2 Å². The number of carbonyl (C=O) groups excluding carboxylic acids is 1. The Morgan fingerprint density at radius 3 is 2.82 bits per heavy atom. The summed E-state index contributed by atoms with van der Waals surface area (Å²) in [6.07, 6.45) is 1.85. The number of halogens is 2. The Morgan fingerprint density at radius 1 is 1.50 bits per heavy atom. The highest BCUT2D eigenvalue weighted by Gasteiger charge is 2.23. The molecular formula is C13H17ClFN3O3S. The molecule has 3 N–H and O–H groups in total. The molecule has 6 nitrogen and oxygen atoms in total. The van der Waals surface area contributed by atoms with Crippen LogP contribution in [0.15, 0.2) is 17.0 Å². The summed E-state index contributed by atoms with van der Waals surface area (Å²) in [5, 5.41) is 5.43. The molecule has 0 bridgehead atoms. The standard InChI is InChI=1S/C13H17ClFN3O3S/c1-8(19)18-12-6-11(15)13(5-10(12)14)22(20,21)17-7-9-3-2-4-16-9/h5-6,9,16-17H,2-4,7H2,1H3,(H,18,19). The molecule has 1 aromatic carbocycles. The van der Waals surface area contributed by atoms with E-state index in [2.05, 4.69) is 15.4 Å². The van der Waals surface area contributed by atoms with E-state index >= 15 is 0 Å². The molecule has 9 heteroatoms. The fourth-order valence-electron chi connectivity index (χ4n) is 2.24. The minimum absolute atomic E-state index is 0.0306. The van der Waals surface area contributed by atoms with Crippen molar-refractivity contribution < 1.29 is 17.6 Å². The number of hydrogen-bond acceptors (Lipinski definition) is 4. The zero-order valence-electron chi connectivity index (χ0n) is 11.9. The van der Waals surface area contributed by atoms with Gasteiger partial charge in [0.1, 0.15) is 10.7 Å². The molecule has 2 rings (SSSR count). The SMILES string of the molecule is CC(=O)Nc1cc(F)c(S(=O)(=O)NCC2CCCN2)cc1Cl. The molecule has 1 saturated heterocycles. The van der Waals surface area contributed by atoms with E-state index in [0.717, 1.165) is 31.5 Å². The number of nitrogens with one attached hydrogen (secondary N) is 3. The van der Waals surface area contributed by atoms with E-state index in [1.165, 1.54) is 6.92 Å². The van der Waals surface area contributed by atoms with Crippen molar-refractivity contribution in [1.29, 1.82) is 0 Å². The maximum atomic E-state index is 14.0. The van der Waals surface area contributed by atoms with Crippen LogP contribution in [0.25, 0.3) is 0 Å². The molecule has 122 valence electrons. The molecule has 0 spiro atoms. The third-order valence-corrected chi connectivity index (χ3v) is 5.06. The maximum absolute atomic E-state index is 14.0. The van der Waals surface area contributed by atoms with Gasteiger partial charge in [0, 0.05) is 25.6 Å². The summed E-state index contributed by atoms with van der Waals surface area (Å²) in [5.41, 5.74) is 0.0306. The molecular weight excluding hydrogens is 333 g/mol. The molecule has 0 radical (unpaired) electrons. The van der Waals surface area contributed by atoms with Gasteiger partial charge in [0.25, 0.3) is 0 Å². The highest BCUT2D eigenvalue weighted by molar-refractivity contribution is 7.89. The summed E-state index contributed by atoms with van der Waals surface area (Å²) >= 11 is 5.89. The molecule has 0 aliphatic carbocycles. The van der Waals surface area contributed by atoms with E-state index < -0.39 is 26.6 Å². The molecule has 1 heterocycles. The number of sulfonamides is 1. The van der Waals surface area contributed by atoms with Crippen molar-refractivity contribution in [3.05, 3.63) is 23.0 Å². The van der Waals surface area contributed by atoms with Crippen molar-refractivity contribution in [2.24, 2.45) is 0 Å². The van der Waals surface area contributed by atoms with Crippen LogP contribution >= 0.6 is 11.6 Å². The first-order valence-corrected chi connectivity index (χ1v) is 8.65. The Hall–Kier alpha value is -1.22. The predicted octanol–water partition coefficient (Wildman–Crippen LogP) is 1.47. The number of hydrogen-bond donors (Lipinski definition) is 3. The summed E-state index contributed by atoms with van der Waals surface area (Å²) in [7, 11) is -4.01. The van der Waals surface area contributed by atoms with Gasteiger partial charge in [-0.05, 0) is 25.5 Å². The second-order valence-electron chi connectivity index (χ2n) is 5.09. The smallest absolute Gasteiger partial charge is 0.243 e. The van der Waals surface area contributed by atoms with Crippen LogP contribution in [-0.4, -0.2) is 33.5 Å². The van der Waals surface area contributed by atoms with E-state index in [-0.39, 0.29) is 23.3 Å². The minimum Gasteiger partial charge on any atom is -0.325 e. The normalized spacial score (nSPS) is 18.4. The number of benzene rings is 1. The monoisotopic (exact) mass is 349 g/mol. The van der Waals surface area contributed by atoms with Crippen LogP contribution in [-0.2, 0) is 14.8 Å². The number of carbonyl (C=O) groups is 1. The maximum Gasteiger partial charge on any atom is 0.243 e. The minimum atomic E-state index is -4.01. The summed E-state index contributed by atoms with van der Waals surface area (Å²) in [4.78, 5) is 10.4. The van der Waals surface area contributed by atoms with Crippen molar-refractivity contribution in [2.75, 3.05) is 18.4 Å². The van der Waals surface area contributed by atoms with E-state index in [9.17, 15) is 17.6 Å². The van der Waals surface area contributed by atoms with Crippen LogP contribution in [0.5, 0.6) is 0 Å². The largest absolute Gasteiger partial charge is 0.325 e. The van der Waals surface area contributed by atoms with Gasteiger partial charge in [0.15, 0.2) is 0 Å². The van der Waals surface area contributed by atoms with Crippen LogP contribution in [0, 0.1) is 5.82 Å². The molecule has 1 fully saturated rings. The van der Waals surface area contributed by atoms with Gasteiger partial charge in [0.05, 0.1) is 10.7 Å². The van der Waals surface area contributed by atoms with Gasteiger partial charge >= 0.3 is 0 Å². The van der Waals surface area contributed by atoms with Gasteiger partial charge in [-0.3, -0.25) is 4.79 Å². The zero-order valence-corrected chi connectivity index (χ0v) is 13.5. The van der Waals surface area contributed by atoms with Crippen molar-refractivity contribution in [3.63, 3.8) is 0 Å². The van der Waals surface area contributed by atoms with Crippen LogP contribution in [0.2, 0.25) is 5.02 Å². The van der Waals surface area contributed by atoms with E-state index in [1.54, 1.807) is 0 Å². The predicted molar refractivity (Wildman–Crippen MR) is 81.9 cm³/mol. The Kier molecular flexibility index (Phi) is 5.38. The molecule has 0 saturated carbocycles. The van der Waals surface area contributed by atoms with Crippen molar-refractivity contribution in [2.45, 2.75) is 30.7 Å². The fourth-order valence-corrected chi connectivity index (χ4v) is 3.68. The lowest BCUT2D eigenvalue weighted by atomic mass is 10.2. The van der Waals surface area contributed by atoms with Crippen LogP contribution in [0.3, 0.4) is 0 Å². The third-order valence-electron chi connectivity index (χ3n) is 3.30. The lowest BCUT2D eigenvalue weighted by molar-refractivity contribution is -0.114. The average molecular weight is 350 g/mol. The lowest BCUT2D eigenvalue weighted by Gasteiger charge is -2.14. The first kappa shape index (κ1) is 17.1. The van der Waals surface area contributed by atoms with E-state index in [1.807, 2.05) is 0 Å². The second kappa shape index (κ2) is 6.91. The first-order valence-electron chi connectivity index (χ1n) is 6.79. The molecule has 22 heavy (non-hydrogen) atoms. The summed E-state index contributed by atoms with van der Waals surface area (Å²) in [6.45, 7) is 2.28. The number of amides is 1. The van der Waals surface area contributed by atoms with Crippen LogP contribution in [0.4, 0.5) is 10.1 Å². The van der Waals surface area contributed by atoms with Gasteiger partial charge in [-0.15, -0.1) is 0 Å². The molecule has 1 aromatic rings. The highest BCUT2D eigenvalue weighted by atomic mass is 35.5. The molecule has 1 aliphatic rings. The highest BCUT2D eigenvalue weighted by Crippen LogP contribution is 2.28. The van der Waals surface area contributed by atoms with E-state index in [0.29, 0.717) is 0 Å². The lowest BCUT2D eigenvalue weighted by Crippen LogP contribution is -2.37. The van der Waals surface area contributed by atoms with Crippen LogP contribution < -0.4 is 15.4 Å².